The SMILES string of the molecule is CN1CCN(S(=O)(=O)N2CCN(C(=O)CNCC3CC3)CC2)CC1. The van der Waals surface area contributed by atoms with E-state index in [0.29, 0.717) is 45.8 Å². The van der Waals surface area contributed by atoms with Crippen LogP contribution < -0.4 is 5.32 Å². The number of carbonyl (C=O) groups is 1. The molecule has 0 spiro atoms. The van der Waals surface area contributed by atoms with Gasteiger partial charge in [-0.3, -0.25) is 4.79 Å². The van der Waals surface area contributed by atoms with E-state index in [1.165, 1.54) is 17.1 Å². The van der Waals surface area contributed by atoms with Gasteiger partial charge in [0.05, 0.1) is 6.54 Å². The third-order valence-corrected chi connectivity index (χ3v) is 7.15. The molecule has 1 aliphatic carbocycles. The van der Waals surface area contributed by atoms with E-state index in [1.54, 1.807) is 9.21 Å². The van der Waals surface area contributed by atoms with E-state index in [0.717, 1.165) is 25.6 Å². The molecule has 0 unspecified atom stereocenters. The van der Waals surface area contributed by atoms with Gasteiger partial charge in [-0.2, -0.15) is 17.0 Å². The molecule has 0 aromatic heterocycles. The van der Waals surface area contributed by atoms with Gasteiger partial charge in [0, 0.05) is 52.4 Å². The summed E-state index contributed by atoms with van der Waals surface area (Å²) in [5.74, 6) is 0.829. The van der Waals surface area contributed by atoms with E-state index < -0.39 is 10.2 Å². The predicted molar refractivity (Wildman–Crippen MR) is 91.7 cm³/mol. The summed E-state index contributed by atoms with van der Waals surface area (Å²) in [6.45, 7) is 5.66. The van der Waals surface area contributed by atoms with Crippen LogP contribution in [0.3, 0.4) is 0 Å². The maximum absolute atomic E-state index is 12.7. The van der Waals surface area contributed by atoms with E-state index in [4.69, 9.17) is 0 Å². The van der Waals surface area contributed by atoms with Crippen molar-refractivity contribution < 1.29 is 13.2 Å². The van der Waals surface area contributed by atoms with Crippen molar-refractivity contribution in [2.45, 2.75) is 12.8 Å². The van der Waals surface area contributed by atoms with Crippen LogP contribution in [0, 0.1) is 5.92 Å². The summed E-state index contributed by atoms with van der Waals surface area (Å²) in [6.07, 6.45) is 2.54. The highest BCUT2D eigenvalue weighted by atomic mass is 32.2. The van der Waals surface area contributed by atoms with Crippen LogP contribution in [-0.4, -0.2) is 105 Å². The average Bonchev–Trinajstić information content (AvgIpc) is 3.39. The van der Waals surface area contributed by atoms with Crippen LogP contribution in [0.4, 0.5) is 0 Å². The Morgan fingerprint density at radius 2 is 1.50 bits per heavy atom. The van der Waals surface area contributed by atoms with Crippen LogP contribution >= 0.6 is 0 Å². The Kier molecular flexibility index (Phi) is 5.76. The van der Waals surface area contributed by atoms with Gasteiger partial charge in [0.1, 0.15) is 0 Å². The smallest absolute Gasteiger partial charge is 0.282 e. The maximum atomic E-state index is 12.7. The van der Waals surface area contributed by atoms with Crippen molar-refractivity contribution in [2.24, 2.45) is 5.92 Å². The summed E-state index contributed by atoms with van der Waals surface area (Å²) < 4.78 is 28.5. The second-order valence-electron chi connectivity index (χ2n) is 7.06. The van der Waals surface area contributed by atoms with Gasteiger partial charge in [-0.05, 0) is 32.4 Å². The Morgan fingerprint density at radius 1 is 0.958 bits per heavy atom. The summed E-state index contributed by atoms with van der Waals surface area (Å²) in [7, 11) is -1.39. The van der Waals surface area contributed by atoms with Crippen LogP contribution in [-0.2, 0) is 15.0 Å². The second-order valence-corrected chi connectivity index (χ2v) is 8.99. The number of hydrogen-bond acceptors (Lipinski definition) is 5. The highest BCUT2D eigenvalue weighted by molar-refractivity contribution is 7.86. The van der Waals surface area contributed by atoms with Gasteiger partial charge in [0.15, 0.2) is 0 Å². The van der Waals surface area contributed by atoms with Crippen molar-refractivity contribution in [3.8, 4) is 0 Å². The fraction of sp³-hybridized carbons (Fsp3) is 0.933. The standard InChI is InChI=1S/C15H29N5O3S/c1-17-4-8-19(9-5-17)24(22,23)20-10-6-18(7-11-20)15(21)13-16-12-14-2-3-14/h14,16H,2-13H2,1H3. The van der Waals surface area contributed by atoms with Gasteiger partial charge in [-0.15, -0.1) is 0 Å². The van der Waals surface area contributed by atoms with Gasteiger partial charge >= 0.3 is 0 Å². The van der Waals surface area contributed by atoms with Crippen LogP contribution in [0.15, 0.2) is 0 Å². The van der Waals surface area contributed by atoms with Gasteiger partial charge in [-0.25, -0.2) is 0 Å². The zero-order chi connectivity index (χ0) is 17.2. The van der Waals surface area contributed by atoms with Crippen LogP contribution in [0.25, 0.3) is 0 Å². The van der Waals surface area contributed by atoms with Crippen molar-refractivity contribution in [3.05, 3.63) is 0 Å². The summed E-state index contributed by atoms with van der Waals surface area (Å²) in [5, 5.41) is 3.21. The fourth-order valence-corrected chi connectivity index (χ4v) is 4.74. The Balaban J connectivity index is 1.44. The summed E-state index contributed by atoms with van der Waals surface area (Å²) in [4.78, 5) is 16.1. The topological polar surface area (TPSA) is 76.2 Å². The molecule has 1 N–H and O–H groups in total. The Morgan fingerprint density at radius 3 is 2.04 bits per heavy atom. The zero-order valence-corrected chi connectivity index (χ0v) is 15.3. The molecule has 1 amide bonds. The quantitative estimate of drug-likeness (QED) is 0.633. The Hall–Kier alpha value is -0.740. The summed E-state index contributed by atoms with van der Waals surface area (Å²) in [5.41, 5.74) is 0. The monoisotopic (exact) mass is 359 g/mol. The van der Waals surface area contributed by atoms with Crippen molar-refractivity contribution in [1.29, 1.82) is 0 Å². The van der Waals surface area contributed by atoms with E-state index in [9.17, 15) is 13.2 Å². The van der Waals surface area contributed by atoms with E-state index in [-0.39, 0.29) is 5.91 Å². The summed E-state index contributed by atoms with van der Waals surface area (Å²) in [6, 6.07) is 0. The van der Waals surface area contributed by atoms with Crippen molar-refractivity contribution >= 4 is 16.1 Å². The molecule has 0 aromatic rings. The number of piperazine rings is 2. The first kappa shape index (κ1) is 18.1. The molecular formula is C15H29N5O3S. The lowest BCUT2D eigenvalue weighted by atomic mass is 10.3. The molecule has 9 heteroatoms. The first-order valence-corrected chi connectivity index (χ1v) is 10.3. The Bertz CT molecular complexity index is 535. The number of amides is 1. The fourth-order valence-electron chi connectivity index (χ4n) is 3.17. The van der Waals surface area contributed by atoms with Crippen LogP contribution in [0.1, 0.15) is 12.8 Å². The molecule has 0 radical (unpaired) electrons. The first-order chi connectivity index (χ1) is 11.5. The lowest BCUT2D eigenvalue weighted by Gasteiger charge is -2.39. The molecular weight excluding hydrogens is 330 g/mol. The second kappa shape index (κ2) is 7.65. The van der Waals surface area contributed by atoms with E-state index in [2.05, 4.69) is 10.2 Å². The largest absolute Gasteiger partial charge is 0.339 e. The first-order valence-electron chi connectivity index (χ1n) is 8.89. The number of nitrogens with one attached hydrogen (secondary N) is 1. The minimum absolute atomic E-state index is 0.0762. The normalized spacial score (nSPS) is 25.1. The van der Waals surface area contributed by atoms with Crippen LogP contribution in [0.2, 0.25) is 0 Å². The molecule has 0 atom stereocenters. The Labute approximate surface area is 144 Å². The van der Waals surface area contributed by atoms with Crippen molar-refractivity contribution in [1.82, 2.24) is 23.7 Å². The number of likely N-dealkylation sites (N-methyl/N-ethyl adjacent to an activating group) is 1. The molecule has 3 fully saturated rings. The molecule has 0 bridgehead atoms. The number of rotatable bonds is 6. The molecule has 138 valence electrons. The molecule has 2 aliphatic heterocycles. The highest BCUT2D eigenvalue weighted by Crippen LogP contribution is 2.27. The van der Waals surface area contributed by atoms with Crippen molar-refractivity contribution in [2.75, 3.05) is 72.5 Å². The average molecular weight is 359 g/mol. The van der Waals surface area contributed by atoms with Gasteiger partial charge in [0.2, 0.25) is 5.91 Å². The molecule has 3 rings (SSSR count). The lowest BCUT2D eigenvalue weighted by Crippen LogP contribution is -2.57. The van der Waals surface area contributed by atoms with E-state index in [1.807, 2.05) is 7.05 Å². The van der Waals surface area contributed by atoms with Gasteiger partial charge in [0.25, 0.3) is 10.2 Å². The molecule has 1 saturated carbocycles. The molecule has 8 nitrogen and oxygen atoms in total. The third kappa shape index (κ3) is 4.45. The predicted octanol–water partition coefficient (Wildman–Crippen LogP) is -1.38. The summed E-state index contributed by atoms with van der Waals surface area (Å²) >= 11 is 0. The third-order valence-electron chi connectivity index (χ3n) is 5.11. The zero-order valence-electron chi connectivity index (χ0n) is 14.5. The minimum Gasteiger partial charge on any atom is -0.339 e. The van der Waals surface area contributed by atoms with E-state index >= 15 is 0 Å². The molecule has 3 aliphatic rings. The van der Waals surface area contributed by atoms with Gasteiger partial charge in [-0.1, -0.05) is 0 Å². The highest BCUT2D eigenvalue weighted by Gasteiger charge is 2.34. The number of carbonyl (C=O) groups excluding carboxylic acids is 1. The van der Waals surface area contributed by atoms with Crippen molar-refractivity contribution in [3.63, 3.8) is 0 Å². The molecule has 0 aromatic carbocycles. The molecule has 2 heterocycles. The lowest BCUT2D eigenvalue weighted by molar-refractivity contribution is -0.131. The number of hydrogen-bond donors (Lipinski definition) is 1. The molecule has 2 saturated heterocycles. The van der Waals surface area contributed by atoms with Crippen LogP contribution in [0.5, 0.6) is 0 Å². The van der Waals surface area contributed by atoms with Gasteiger partial charge < -0.3 is 15.1 Å². The minimum atomic E-state index is -3.39. The maximum Gasteiger partial charge on any atom is 0.282 e. The molecule has 24 heavy (non-hydrogen) atoms. The number of nitrogens with zero attached hydrogens (tertiary/aromatic N) is 4.